The van der Waals surface area contributed by atoms with Crippen LogP contribution in [0.1, 0.15) is 53.9 Å². The highest BCUT2D eigenvalue weighted by Gasteiger charge is 2.26. The second-order valence-electron chi connectivity index (χ2n) is 6.57. The van der Waals surface area contributed by atoms with Crippen LogP contribution < -0.4 is 5.32 Å². The Morgan fingerprint density at radius 3 is 2.62 bits per heavy atom. The number of hydrogen-bond acceptors (Lipinski definition) is 2. The van der Waals surface area contributed by atoms with Crippen molar-refractivity contribution in [1.82, 2.24) is 10.2 Å². The lowest BCUT2D eigenvalue weighted by atomic mass is 9.86. The molecule has 3 rings (SSSR count). The standard InChI is InChI=1S/C19H24N2O3/c22-18(23)17-8-4-3-7-16(17)15-9-11-21(12-10-15)19(24)20-13-14-5-1-2-6-14/h3-5,7-8,15H,1-2,6,9-13H2,(H,20,24)(H,22,23). The van der Waals surface area contributed by atoms with Gasteiger partial charge in [-0.1, -0.05) is 29.8 Å². The number of carboxylic acids is 1. The molecule has 0 atom stereocenters. The van der Waals surface area contributed by atoms with Crippen molar-refractivity contribution in [2.45, 2.75) is 38.0 Å². The van der Waals surface area contributed by atoms with Crippen LogP contribution in [0.5, 0.6) is 0 Å². The van der Waals surface area contributed by atoms with Crippen molar-refractivity contribution in [3.63, 3.8) is 0 Å². The molecule has 2 N–H and O–H groups in total. The van der Waals surface area contributed by atoms with Gasteiger partial charge in [0.15, 0.2) is 0 Å². The number of aromatic carboxylic acids is 1. The van der Waals surface area contributed by atoms with Crippen LogP contribution in [0, 0.1) is 0 Å². The van der Waals surface area contributed by atoms with Gasteiger partial charge in [0.05, 0.1) is 5.56 Å². The van der Waals surface area contributed by atoms with Crippen LogP contribution in [-0.2, 0) is 0 Å². The number of nitrogens with zero attached hydrogens (tertiary/aromatic N) is 1. The summed E-state index contributed by atoms with van der Waals surface area (Å²) in [7, 11) is 0. The van der Waals surface area contributed by atoms with E-state index < -0.39 is 5.97 Å². The fourth-order valence-corrected chi connectivity index (χ4v) is 3.64. The molecule has 24 heavy (non-hydrogen) atoms. The number of rotatable bonds is 4. The molecule has 1 fully saturated rings. The maximum absolute atomic E-state index is 12.3. The van der Waals surface area contributed by atoms with Crippen molar-refractivity contribution in [1.29, 1.82) is 0 Å². The van der Waals surface area contributed by atoms with Crippen molar-refractivity contribution in [3.05, 3.63) is 47.0 Å². The normalized spacial score (nSPS) is 18.3. The van der Waals surface area contributed by atoms with Crippen LogP contribution >= 0.6 is 0 Å². The zero-order valence-electron chi connectivity index (χ0n) is 13.8. The molecule has 5 nitrogen and oxygen atoms in total. The van der Waals surface area contributed by atoms with E-state index in [1.54, 1.807) is 12.1 Å². The summed E-state index contributed by atoms with van der Waals surface area (Å²) in [5, 5.41) is 12.3. The Hall–Kier alpha value is -2.30. The van der Waals surface area contributed by atoms with Crippen molar-refractivity contribution < 1.29 is 14.7 Å². The average Bonchev–Trinajstić information content (AvgIpc) is 3.13. The molecule has 5 heteroatoms. The maximum Gasteiger partial charge on any atom is 0.335 e. The van der Waals surface area contributed by atoms with Crippen LogP contribution in [-0.4, -0.2) is 41.6 Å². The average molecular weight is 328 g/mol. The Morgan fingerprint density at radius 1 is 1.21 bits per heavy atom. The van der Waals surface area contributed by atoms with Crippen molar-refractivity contribution in [3.8, 4) is 0 Å². The van der Waals surface area contributed by atoms with E-state index in [9.17, 15) is 14.7 Å². The number of urea groups is 1. The van der Waals surface area contributed by atoms with E-state index in [4.69, 9.17) is 0 Å². The third-order valence-electron chi connectivity index (χ3n) is 5.01. The summed E-state index contributed by atoms with van der Waals surface area (Å²) in [5.41, 5.74) is 2.60. The van der Waals surface area contributed by atoms with Crippen molar-refractivity contribution >= 4 is 12.0 Å². The van der Waals surface area contributed by atoms with Gasteiger partial charge in [0, 0.05) is 19.6 Å². The number of piperidine rings is 1. The number of allylic oxidation sites excluding steroid dienone is 1. The molecule has 0 radical (unpaired) electrons. The second-order valence-corrected chi connectivity index (χ2v) is 6.57. The second kappa shape index (κ2) is 7.51. The number of benzene rings is 1. The third kappa shape index (κ3) is 3.78. The molecule has 1 saturated heterocycles. The van der Waals surface area contributed by atoms with E-state index in [1.165, 1.54) is 12.0 Å². The number of carbonyl (C=O) groups excluding carboxylic acids is 1. The summed E-state index contributed by atoms with van der Waals surface area (Å²) in [6, 6.07) is 7.19. The van der Waals surface area contributed by atoms with Gasteiger partial charge in [-0.2, -0.15) is 0 Å². The van der Waals surface area contributed by atoms with Crippen LogP contribution in [0.15, 0.2) is 35.9 Å². The van der Waals surface area contributed by atoms with E-state index in [2.05, 4.69) is 11.4 Å². The van der Waals surface area contributed by atoms with Gasteiger partial charge in [0.1, 0.15) is 0 Å². The Balaban J connectivity index is 1.54. The third-order valence-corrected chi connectivity index (χ3v) is 5.01. The Morgan fingerprint density at radius 2 is 1.96 bits per heavy atom. The molecule has 1 heterocycles. The zero-order valence-corrected chi connectivity index (χ0v) is 13.8. The Bertz CT molecular complexity index is 646. The molecular formula is C19H24N2O3. The minimum Gasteiger partial charge on any atom is -0.478 e. The lowest BCUT2D eigenvalue weighted by molar-refractivity contribution is 0.0694. The minimum absolute atomic E-state index is 0.00669. The van der Waals surface area contributed by atoms with Gasteiger partial charge in [0.2, 0.25) is 0 Å². The first-order valence-corrected chi connectivity index (χ1v) is 8.68. The molecule has 0 bridgehead atoms. The molecule has 0 unspecified atom stereocenters. The first kappa shape index (κ1) is 16.6. The van der Waals surface area contributed by atoms with Gasteiger partial charge in [-0.25, -0.2) is 9.59 Å². The molecule has 0 saturated carbocycles. The molecule has 1 aromatic rings. The maximum atomic E-state index is 12.3. The zero-order chi connectivity index (χ0) is 16.9. The fourth-order valence-electron chi connectivity index (χ4n) is 3.64. The van der Waals surface area contributed by atoms with E-state index >= 15 is 0 Å². The van der Waals surface area contributed by atoms with Gasteiger partial charge in [0.25, 0.3) is 0 Å². The van der Waals surface area contributed by atoms with Crippen molar-refractivity contribution in [2.24, 2.45) is 0 Å². The molecule has 2 aliphatic rings. The first-order chi connectivity index (χ1) is 11.6. The first-order valence-electron chi connectivity index (χ1n) is 8.68. The highest BCUT2D eigenvalue weighted by molar-refractivity contribution is 5.89. The lowest BCUT2D eigenvalue weighted by Gasteiger charge is -2.32. The van der Waals surface area contributed by atoms with Crippen LogP contribution in [0.3, 0.4) is 0 Å². The van der Waals surface area contributed by atoms with E-state index in [0.717, 1.165) is 31.2 Å². The van der Waals surface area contributed by atoms with Crippen LogP contribution in [0.25, 0.3) is 0 Å². The van der Waals surface area contributed by atoms with Crippen molar-refractivity contribution in [2.75, 3.05) is 19.6 Å². The SMILES string of the molecule is O=C(O)c1ccccc1C1CCN(C(=O)NCC2=CCCC2)CC1. The Kier molecular flexibility index (Phi) is 5.18. The number of hydrogen-bond donors (Lipinski definition) is 2. The largest absolute Gasteiger partial charge is 0.478 e. The minimum atomic E-state index is -0.879. The summed E-state index contributed by atoms with van der Waals surface area (Å²) in [6.07, 6.45) is 7.24. The topological polar surface area (TPSA) is 69.6 Å². The van der Waals surface area contributed by atoms with E-state index in [-0.39, 0.29) is 11.9 Å². The molecule has 1 aliphatic carbocycles. The number of likely N-dealkylation sites (tertiary alicyclic amines) is 1. The quantitative estimate of drug-likeness (QED) is 0.833. The van der Waals surface area contributed by atoms with Gasteiger partial charge in [-0.05, 0) is 49.7 Å². The summed E-state index contributed by atoms with van der Waals surface area (Å²) >= 11 is 0. The molecule has 0 aromatic heterocycles. The fraction of sp³-hybridized carbons (Fsp3) is 0.474. The molecule has 1 aromatic carbocycles. The van der Waals surface area contributed by atoms with Gasteiger partial charge < -0.3 is 15.3 Å². The highest BCUT2D eigenvalue weighted by atomic mass is 16.4. The van der Waals surface area contributed by atoms with E-state index in [1.807, 2.05) is 17.0 Å². The van der Waals surface area contributed by atoms with E-state index in [0.29, 0.717) is 25.2 Å². The van der Waals surface area contributed by atoms with Gasteiger partial charge in [-0.3, -0.25) is 0 Å². The lowest BCUT2D eigenvalue weighted by Crippen LogP contribution is -2.44. The molecule has 128 valence electrons. The summed E-state index contributed by atoms with van der Waals surface area (Å²) in [4.78, 5) is 25.5. The monoisotopic (exact) mass is 328 g/mol. The predicted molar refractivity (Wildman–Crippen MR) is 92.3 cm³/mol. The molecule has 0 spiro atoms. The molecular weight excluding hydrogens is 304 g/mol. The van der Waals surface area contributed by atoms with Crippen LogP contribution in [0.4, 0.5) is 4.79 Å². The van der Waals surface area contributed by atoms with Gasteiger partial charge >= 0.3 is 12.0 Å². The smallest absolute Gasteiger partial charge is 0.335 e. The highest BCUT2D eigenvalue weighted by Crippen LogP contribution is 2.30. The summed E-state index contributed by atoms with van der Waals surface area (Å²) in [5.74, 6) is -0.672. The number of nitrogens with one attached hydrogen (secondary N) is 1. The van der Waals surface area contributed by atoms with Crippen LogP contribution in [0.2, 0.25) is 0 Å². The molecule has 1 aliphatic heterocycles. The molecule has 2 amide bonds. The predicted octanol–water partition coefficient (Wildman–Crippen LogP) is 3.38. The number of amides is 2. The number of carbonyl (C=O) groups is 2. The summed E-state index contributed by atoms with van der Waals surface area (Å²) < 4.78 is 0. The Labute approximate surface area is 142 Å². The summed E-state index contributed by atoms with van der Waals surface area (Å²) in [6.45, 7) is 1.99. The van der Waals surface area contributed by atoms with Gasteiger partial charge in [-0.15, -0.1) is 0 Å². The number of carboxylic acid groups (broad SMARTS) is 1.